The molecular formula is C30H40FN4O8P. The zero-order valence-electron chi connectivity index (χ0n) is 25.1. The predicted octanol–water partition coefficient (Wildman–Crippen LogP) is 4.21. The summed E-state index contributed by atoms with van der Waals surface area (Å²) >= 11 is 0. The molecule has 2 heterocycles. The number of ether oxygens (including phenoxy) is 3. The van der Waals surface area contributed by atoms with Crippen LogP contribution in [0.4, 0.5) is 10.2 Å². The second-order valence-corrected chi connectivity index (χ2v) is 12.8. The minimum absolute atomic E-state index is 0.0173. The van der Waals surface area contributed by atoms with Gasteiger partial charge in [0.15, 0.2) is 18.7 Å². The number of anilines is 1. The Kier molecular flexibility index (Phi) is 11.3. The Hall–Kier alpha value is -3.16. The molecule has 0 spiro atoms. The normalized spacial score (nSPS) is 24.6. The topological polar surface area (TPSA) is 156 Å². The number of nitrogen functional groups attached to an aromatic ring is 1. The van der Waals surface area contributed by atoms with Crippen LogP contribution in [0.1, 0.15) is 39.5 Å². The smallest absolute Gasteiger partial charge is 0.413 e. The SMILES string of the molecule is CC(C)OC(O)[C@H](C)NP(=O)(OC[C@H]1O[C@@H](n2ccc(N)nc2=O)C(F)C1(C)COCc1ccccc1)Oc1ccccc1. The minimum atomic E-state index is -4.24. The van der Waals surface area contributed by atoms with Crippen molar-refractivity contribution < 1.29 is 37.3 Å². The molecule has 1 aliphatic heterocycles. The third-order valence-corrected chi connectivity index (χ3v) is 8.80. The number of hydrogen-bond acceptors (Lipinski definition) is 10. The van der Waals surface area contributed by atoms with Crippen LogP contribution in [0.5, 0.6) is 5.75 Å². The van der Waals surface area contributed by atoms with Gasteiger partial charge >= 0.3 is 13.4 Å². The largest absolute Gasteiger partial charge is 0.459 e. The molecule has 2 aromatic carbocycles. The number of aliphatic hydroxyl groups excluding tert-OH is 1. The van der Waals surface area contributed by atoms with Crippen molar-refractivity contribution in [1.29, 1.82) is 0 Å². The maximum absolute atomic E-state index is 16.3. The molecule has 0 amide bonds. The van der Waals surface area contributed by atoms with Crippen molar-refractivity contribution in [1.82, 2.24) is 14.6 Å². The van der Waals surface area contributed by atoms with Gasteiger partial charge < -0.3 is 29.6 Å². The summed E-state index contributed by atoms with van der Waals surface area (Å²) in [7, 11) is -4.24. The highest BCUT2D eigenvalue weighted by Crippen LogP contribution is 2.50. The monoisotopic (exact) mass is 634 g/mol. The van der Waals surface area contributed by atoms with E-state index in [1.165, 1.54) is 12.3 Å². The first-order chi connectivity index (χ1) is 20.9. The molecule has 0 bridgehead atoms. The molecule has 1 aliphatic rings. The summed E-state index contributed by atoms with van der Waals surface area (Å²) in [5, 5.41) is 13.2. The summed E-state index contributed by atoms with van der Waals surface area (Å²) in [5.74, 6) is 0.216. The van der Waals surface area contributed by atoms with E-state index in [1.54, 1.807) is 58.0 Å². The number of para-hydroxylation sites is 1. The molecule has 0 radical (unpaired) electrons. The fourth-order valence-electron chi connectivity index (χ4n) is 4.67. The van der Waals surface area contributed by atoms with Gasteiger partial charge in [-0.3, -0.25) is 9.09 Å². The van der Waals surface area contributed by atoms with E-state index in [0.717, 1.165) is 10.1 Å². The van der Waals surface area contributed by atoms with Crippen LogP contribution in [-0.4, -0.2) is 58.6 Å². The highest BCUT2D eigenvalue weighted by Gasteiger charge is 2.56. The molecule has 4 rings (SSSR count). The standard InChI is InChI=1S/C30H40FN4O8P/c1-20(2)41-28(36)21(3)34-44(38,43-23-13-9-6-10-14-23)40-18-24-30(4,19-39-17-22-11-7-5-8-12-22)26(31)27(42-24)35-16-15-25(32)33-29(35)37/h5-16,20-21,24,26-28,36H,17-19H2,1-4H3,(H,34,38)(H2,32,33,37)/t21-,24+,26?,27+,28?,30?,44?/m0/s1. The lowest BCUT2D eigenvalue weighted by Crippen LogP contribution is -2.43. The summed E-state index contributed by atoms with van der Waals surface area (Å²) in [4.78, 5) is 16.3. The maximum Gasteiger partial charge on any atom is 0.459 e. The predicted molar refractivity (Wildman–Crippen MR) is 161 cm³/mol. The average Bonchev–Trinajstić information content (AvgIpc) is 3.22. The number of aromatic nitrogens is 2. The molecule has 0 aliphatic carbocycles. The van der Waals surface area contributed by atoms with Crippen LogP contribution in [0.2, 0.25) is 0 Å². The molecule has 240 valence electrons. The molecule has 12 nitrogen and oxygen atoms in total. The molecule has 14 heteroatoms. The number of nitrogens with zero attached hydrogens (tertiary/aromatic N) is 2. The fourth-order valence-corrected chi connectivity index (χ4v) is 6.21. The number of alkyl halides is 1. The van der Waals surface area contributed by atoms with Crippen molar-refractivity contribution in [2.75, 3.05) is 18.9 Å². The van der Waals surface area contributed by atoms with Crippen LogP contribution >= 0.6 is 7.75 Å². The van der Waals surface area contributed by atoms with Crippen LogP contribution in [0.15, 0.2) is 77.7 Å². The lowest BCUT2D eigenvalue weighted by molar-refractivity contribution is -0.138. The van der Waals surface area contributed by atoms with E-state index in [2.05, 4.69) is 10.1 Å². The lowest BCUT2D eigenvalue weighted by Gasteiger charge is -2.32. The van der Waals surface area contributed by atoms with Gasteiger partial charge in [-0.1, -0.05) is 55.5 Å². The Balaban J connectivity index is 1.58. The summed E-state index contributed by atoms with van der Waals surface area (Å²) in [6, 6.07) is 18.2. The van der Waals surface area contributed by atoms with Gasteiger partial charge in [-0.2, -0.15) is 4.98 Å². The third kappa shape index (κ3) is 8.51. The molecule has 0 saturated carbocycles. The first-order valence-electron chi connectivity index (χ1n) is 14.3. The Morgan fingerprint density at radius 2 is 1.80 bits per heavy atom. The van der Waals surface area contributed by atoms with E-state index < -0.39 is 56.3 Å². The molecular weight excluding hydrogens is 594 g/mol. The van der Waals surface area contributed by atoms with Gasteiger partial charge in [0.05, 0.1) is 43.5 Å². The second kappa shape index (κ2) is 14.7. The van der Waals surface area contributed by atoms with Gasteiger partial charge in [-0.05, 0) is 44.5 Å². The first kappa shape index (κ1) is 33.7. The molecule has 1 saturated heterocycles. The lowest BCUT2D eigenvalue weighted by atomic mass is 9.82. The van der Waals surface area contributed by atoms with E-state index in [9.17, 15) is 14.5 Å². The number of nitrogens with two attached hydrogens (primary N) is 1. The average molecular weight is 635 g/mol. The van der Waals surface area contributed by atoms with Crippen LogP contribution in [0.25, 0.3) is 0 Å². The summed E-state index contributed by atoms with van der Waals surface area (Å²) in [6.45, 7) is 6.30. The fraction of sp³-hybridized carbons (Fsp3) is 0.467. The van der Waals surface area contributed by atoms with Gasteiger partial charge in [-0.15, -0.1) is 0 Å². The van der Waals surface area contributed by atoms with E-state index >= 15 is 4.39 Å². The number of aliphatic hydroxyl groups is 1. The number of rotatable bonds is 15. The van der Waals surface area contributed by atoms with E-state index in [4.69, 9.17) is 29.0 Å². The Labute approximate surface area is 255 Å². The molecule has 1 fully saturated rings. The van der Waals surface area contributed by atoms with Gasteiger partial charge in [0, 0.05) is 6.20 Å². The number of hydrogen-bond donors (Lipinski definition) is 3. The van der Waals surface area contributed by atoms with E-state index in [0.29, 0.717) is 0 Å². The Bertz CT molecular complexity index is 1450. The quantitative estimate of drug-likeness (QED) is 0.163. The Morgan fingerprint density at radius 3 is 2.43 bits per heavy atom. The molecule has 44 heavy (non-hydrogen) atoms. The highest BCUT2D eigenvalue weighted by molar-refractivity contribution is 7.52. The number of benzene rings is 2. The van der Waals surface area contributed by atoms with Crippen molar-refractivity contribution in [3.63, 3.8) is 0 Å². The zero-order valence-corrected chi connectivity index (χ0v) is 26.0. The van der Waals surface area contributed by atoms with Crippen LogP contribution in [-0.2, 0) is 29.9 Å². The molecule has 1 aromatic heterocycles. The van der Waals surface area contributed by atoms with Gasteiger partial charge in [0.25, 0.3) is 0 Å². The molecule has 3 aromatic rings. The Morgan fingerprint density at radius 1 is 1.14 bits per heavy atom. The van der Waals surface area contributed by atoms with Crippen molar-refractivity contribution in [3.8, 4) is 5.75 Å². The molecule has 7 atom stereocenters. The van der Waals surface area contributed by atoms with Gasteiger partial charge in [0.2, 0.25) is 0 Å². The summed E-state index contributed by atoms with van der Waals surface area (Å²) < 4.78 is 60.5. The number of nitrogens with one attached hydrogen (secondary N) is 1. The van der Waals surface area contributed by atoms with Crippen LogP contribution in [0.3, 0.4) is 0 Å². The summed E-state index contributed by atoms with van der Waals surface area (Å²) in [6.07, 6.45) is -4.56. The van der Waals surface area contributed by atoms with Gasteiger partial charge in [0.1, 0.15) is 11.6 Å². The second-order valence-electron chi connectivity index (χ2n) is 11.1. The van der Waals surface area contributed by atoms with Crippen molar-refractivity contribution in [2.24, 2.45) is 5.41 Å². The van der Waals surface area contributed by atoms with Crippen LogP contribution < -0.4 is 21.0 Å². The molecule has 4 unspecified atom stereocenters. The number of halogens is 1. The maximum atomic E-state index is 16.3. The molecule has 4 N–H and O–H groups in total. The minimum Gasteiger partial charge on any atom is -0.413 e. The zero-order chi connectivity index (χ0) is 31.9. The van der Waals surface area contributed by atoms with Gasteiger partial charge in [-0.25, -0.2) is 18.8 Å². The van der Waals surface area contributed by atoms with E-state index in [-0.39, 0.29) is 30.9 Å². The van der Waals surface area contributed by atoms with Crippen molar-refractivity contribution in [3.05, 3.63) is 89.0 Å². The highest BCUT2D eigenvalue weighted by atomic mass is 31.2. The third-order valence-electron chi connectivity index (χ3n) is 7.14. The van der Waals surface area contributed by atoms with Crippen LogP contribution in [0, 0.1) is 5.41 Å². The van der Waals surface area contributed by atoms with E-state index in [1.807, 2.05) is 30.3 Å². The van der Waals surface area contributed by atoms with Crippen molar-refractivity contribution >= 4 is 13.6 Å². The first-order valence-corrected chi connectivity index (χ1v) is 15.8. The van der Waals surface area contributed by atoms with Crippen molar-refractivity contribution in [2.45, 2.75) is 71.2 Å². The summed E-state index contributed by atoms with van der Waals surface area (Å²) in [5.41, 5.74) is 4.35.